The molecule has 1 aromatic carbocycles. The van der Waals surface area contributed by atoms with Gasteiger partial charge in [-0.25, -0.2) is 4.98 Å². The highest BCUT2D eigenvalue weighted by atomic mass is 16.5. The number of aryl methyl sites for hydroxylation is 1. The Balaban J connectivity index is 1.42. The highest BCUT2D eigenvalue weighted by Crippen LogP contribution is 2.23. The summed E-state index contributed by atoms with van der Waals surface area (Å²) in [4.78, 5) is 34.5. The Bertz CT molecular complexity index is 1190. The van der Waals surface area contributed by atoms with Gasteiger partial charge in [0.15, 0.2) is 0 Å². The maximum Gasteiger partial charge on any atom is 0.252 e. The van der Waals surface area contributed by atoms with E-state index in [0.717, 1.165) is 23.1 Å². The number of ether oxygens (including phenoxy) is 1. The van der Waals surface area contributed by atoms with Crippen LogP contribution in [0.15, 0.2) is 60.0 Å². The van der Waals surface area contributed by atoms with Crippen molar-refractivity contribution in [1.29, 1.82) is 0 Å². The van der Waals surface area contributed by atoms with Crippen molar-refractivity contribution in [2.45, 2.75) is 39.0 Å². The number of benzene rings is 1. The second kappa shape index (κ2) is 9.21. The summed E-state index contributed by atoms with van der Waals surface area (Å²) in [6.07, 6.45) is 3.86. The first kappa shape index (κ1) is 21.5. The molecule has 8 heteroatoms. The summed E-state index contributed by atoms with van der Waals surface area (Å²) in [7, 11) is 0. The SMILES string of the molecule is C=CC(=O)N1CC[C@@H](Oc2ccc(C(C)Nc3ncc4ccc(=O)n(CC)c4n3)cc2)C1. The first-order valence-corrected chi connectivity index (χ1v) is 10.8. The highest BCUT2D eigenvalue weighted by Gasteiger charge is 2.26. The second-order valence-corrected chi connectivity index (χ2v) is 7.84. The highest BCUT2D eigenvalue weighted by molar-refractivity contribution is 5.87. The van der Waals surface area contributed by atoms with E-state index in [-0.39, 0.29) is 23.6 Å². The number of rotatable bonds is 7. The molecule has 2 atom stereocenters. The van der Waals surface area contributed by atoms with E-state index in [2.05, 4.69) is 21.9 Å². The van der Waals surface area contributed by atoms with Crippen molar-refractivity contribution in [2.75, 3.05) is 18.4 Å². The molecule has 3 aromatic rings. The maximum absolute atomic E-state index is 12.1. The molecule has 0 bridgehead atoms. The van der Waals surface area contributed by atoms with Gasteiger partial charge in [-0.05, 0) is 43.7 Å². The van der Waals surface area contributed by atoms with Crippen molar-refractivity contribution >= 4 is 22.9 Å². The van der Waals surface area contributed by atoms with Crippen molar-refractivity contribution in [3.8, 4) is 5.75 Å². The van der Waals surface area contributed by atoms with Crippen LogP contribution in [0.5, 0.6) is 5.75 Å². The molecule has 0 radical (unpaired) electrons. The lowest BCUT2D eigenvalue weighted by Gasteiger charge is -2.17. The average Bonchev–Trinajstić information content (AvgIpc) is 3.27. The molecule has 1 unspecified atom stereocenters. The normalized spacial score (nSPS) is 16.7. The molecule has 3 heterocycles. The third kappa shape index (κ3) is 4.49. The molecule has 4 rings (SSSR count). The number of likely N-dealkylation sites (tertiary alicyclic amines) is 1. The second-order valence-electron chi connectivity index (χ2n) is 7.84. The molecule has 1 saturated heterocycles. The largest absolute Gasteiger partial charge is 0.489 e. The minimum atomic E-state index is -0.0764. The van der Waals surface area contributed by atoms with Crippen LogP contribution in [0.2, 0.25) is 0 Å². The smallest absolute Gasteiger partial charge is 0.252 e. The van der Waals surface area contributed by atoms with E-state index >= 15 is 0 Å². The standard InChI is InChI=1S/C24H27N5O3/c1-4-21(30)28-13-12-20(15-28)32-19-9-6-17(7-10-19)16(3)26-24-25-14-18-8-11-22(31)29(5-2)23(18)27-24/h4,6-11,14,16,20H,1,5,12-13,15H2,2-3H3,(H,25,26,27)/t16?,20-/m1/s1. The van der Waals surface area contributed by atoms with Crippen LogP contribution in [0.1, 0.15) is 31.9 Å². The maximum atomic E-state index is 12.1. The molecule has 166 valence electrons. The summed E-state index contributed by atoms with van der Waals surface area (Å²) in [5.41, 5.74) is 1.60. The molecule has 32 heavy (non-hydrogen) atoms. The van der Waals surface area contributed by atoms with Gasteiger partial charge in [-0.1, -0.05) is 18.7 Å². The number of anilines is 1. The van der Waals surface area contributed by atoms with E-state index in [1.807, 2.05) is 38.1 Å². The summed E-state index contributed by atoms with van der Waals surface area (Å²) in [6.45, 7) is 9.29. The number of hydrogen-bond donors (Lipinski definition) is 1. The zero-order valence-corrected chi connectivity index (χ0v) is 18.3. The Morgan fingerprint density at radius 2 is 2.09 bits per heavy atom. The number of pyridine rings is 1. The van der Waals surface area contributed by atoms with Crippen molar-refractivity contribution in [3.63, 3.8) is 0 Å². The molecule has 1 aliphatic heterocycles. The lowest BCUT2D eigenvalue weighted by atomic mass is 10.1. The van der Waals surface area contributed by atoms with Crippen LogP contribution in [-0.4, -0.2) is 44.5 Å². The van der Waals surface area contributed by atoms with Gasteiger partial charge in [0.2, 0.25) is 11.9 Å². The third-order valence-electron chi connectivity index (χ3n) is 5.70. The molecule has 1 N–H and O–H groups in total. The number of carbonyl (C=O) groups is 1. The van der Waals surface area contributed by atoms with Gasteiger partial charge in [-0.15, -0.1) is 0 Å². The first-order valence-electron chi connectivity index (χ1n) is 10.8. The van der Waals surface area contributed by atoms with Crippen LogP contribution >= 0.6 is 0 Å². The predicted molar refractivity (Wildman–Crippen MR) is 124 cm³/mol. The van der Waals surface area contributed by atoms with Crippen LogP contribution in [0.3, 0.4) is 0 Å². The zero-order valence-electron chi connectivity index (χ0n) is 18.3. The van der Waals surface area contributed by atoms with E-state index in [4.69, 9.17) is 4.74 Å². The van der Waals surface area contributed by atoms with Gasteiger partial charge in [0.1, 0.15) is 17.5 Å². The van der Waals surface area contributed by atoms with Crippen LogP contribution in [0.4, 0.5) is 5.95 Å². The lowest BCUT2D eigenvalue weighted by Crippen LogP contribution is -2.29. The van der Waals surface area contributed by atoms with E-state index in [9.17, 15) is 9.59 Å². The Hall–Kier alpha value is -3.68. The number of nitrogens with zero attached hydrogens (tertiary/aromatic N) is 4. The van der Waals surface area contributed by atoms with E-state index < -0.39 is 0 Å². The van der Waals surface area contributed by atoms with Crippen molar-refractivity contribution in [1.82, 2.24) is 19.4 Å². The van der Waals surface area contributed by atoms with Gasteiger partial charge >= 0.3 is 0 Å². The first-order chi connectivity index (χ1) is 15.5. The van der Waals surface area contributed by atoms with Crippen LogP contribution in [0.25, 0.3) is 11.0 Å². The van der Waals surface area contributed by atoms with Crippen LogP contribution in [0, 0.1) is 0 Å². The van der Waals surface area contributed by atoms with E-state index in [1.54, 1.807) is 21.7 Å². The van der Waals surface area contributed by atoms with Crippen molar-refractivity contribution in [2.24, 2.45) is 0 Å². The van der Waals surface area contributed by atoms with Gasteiger partial charge in [0.25, 0.3) is 5.56 Å². The Morgan fingerprint density at radius 3 is 2.81 bits per heavy atom. The fourth-order valence-electron chi connectivity index (χ4n) is 3.90. The molecule has 0 saturated carbocycles. The summed E-state index contributed by atoms with van der Waals surface area (Å²) in [5, 5.41) is 4.13. The molecule has 2 aromatic heterocycles. The van der Waals surface area contributed by atoms with Crippen molar-refractivity contribution in [3.05, 3.63) is 71.2 Å². The molecule has 0 spiro atoms. The summed E-state index contributed by atoms with van der Waals surface area (Å²) >= 11 is 0. The van der Waals surface area contributed by atoms with Crippen LogP contribution in [-0.2, 0) is 11.3 Å². The van der Waals surface area contributed by atoms with Gasteiger partial charge in [-0.3, -0.25) is 14.2 Å². The number of carbonyl (C=O) groups excluding carboxylic acids is 1. The van der Waals surface area contributed by atoms with Gasteiger partial charge in [0.05, 0.1) is 12.6 Å². The van der Waals surface area contributed by atoms with Gasteiger partial charge in [-0.2, -0.15) is 4.98 Å². The number of amides is 1. The Morgan fingerprint density at radius 1 is 1.31 bits per heavy atom. The lowest BCUT2D eigenvalue weighted by molar-refractivity contribution is -0.125. The van der Waals surface area contributed by atoms with E-state index in [1.165, 1.54) is 12.1 Å². The summed E-state index contributed by atoms with van der Waals surface area (Å²) < 4.78 is 7.66. The quantitative estimate of drug-likeness (QED) is 0.576. The predicted octanol–water partition coefficient (Wildman–Crippen LogP) is 3.15. The van der Waals surface area contributed by atoms with Crippen LogP contribution < -0.4 is 15.6 Å². The molecule has 0 aliphatic carbocycles. The molecule has 8 nitrogen and oxygen atoms in total. The number of hydrogen-bond acceptors (Lipinski definition) is 6. The minimum Gasteiger partial charge on any atom is -0.489 e. The zero-order chi connectivity index (χ0) is 22.7. The summed E-state index contributed by atoms with van der Waals surface area (Å²) in [6, 6.07) is 11.1. The topological polar surface area (TPSA) is 89.4 Å². The van der Waals surface area contributed by atoms with Crippen molar-refractivity contribution < 1.29 is 9.53 Å². The molecule has 1 amide bonds. The number of fused-ring (bicyclic) bond motifs is 1. The third-order valence-corrected chi connectivity index (χ3v) is 5.70. The molecule has 1 aliphatic rings. The molecule has 1 fully saturated rings. The summed E-state index contributed by atoms with van der Waals surface area (Å²) in [5.74, 6) is 1.18. The fraction of sp³-hybridized carbons (Fsp3) is 0.333. The molecular formula is C24H27N5O3. The minimum absolute atomic E-state index is 0.0116. The van der Waals surface area contributed by atoms with Gasteiger partial charge in [0, 0.05) is 37.2 Å². The van der Waals surface area contributed by atoms with E-state index in [0.29, 0.717) is 31.2 Å². The molecular weight excluding hydrogens is 406 g/mol. The van der Waals surface area contributed by atoms with Gasteiger partial charge < -0.3 is 15.0 Å². The number of aromatic nitrogens is 3. The Labute approximate surface area is 186 Å². The number of nitrogens with one attached hydrogen (secondary N) is 1. The monoisotopic (exact) mass is 433 g/mol. The fourth-order valence-corrected chi connectivity index (χ4v) is 3.90. The Kier molecular flexibility index (Phi) is 6.20. The average molecular weight is 434 g/mol.